The fraction of sp³-hybridized carbons (Fsp3) is 0.429. The van der Waals surface area contributed by atoms with Gasteiger partial charge in [-0.3, -0.25) is 9.59 Å². The van der Waals surface area contributed by atoms with Gasteiger partial charge in [0.2, 0.25) is 5.78 Å². The van der Waals surface area contributed by atoms with E-state index < -0.39 is 11.6 Å². The summed E-state index contributed by atoms with van der Waals surface area (Å²) in [5, 5.41) is 0. The van der Waals surface area contributed by atoms with E-state index in [1.165, 1.54) is 6.92 Å². The van der Waals surface area contributed by atoms with E-state index in [4.69, 9.17) is 4.74 Å². The number of esters is 1. The number of hydrogen-bond donors (Lipinski definition) is 0. The van der Waals surface area contributed by atoms with Crippen LogP contribution in [0.3, 0.4) is 0 Å². The van der Waals surface area contributed by atoms with E-state index in [1.54, 1.807) is 19.9 Å². The molecular formula is C14H18O3. The molecule has 0 amide bonds. The van der Waals surface area contributed by atoms with Crippen molar-refractivity contribution in [1.82, 2.24) is 0 Å². The summed E-state index contributed by atoms with van der Waals surface area (Å²) in [5.41, 5.74) is 0.558. The summed E-state index contributed by atoms with van der Waals surface area (Å²) in [7, 11) is 0. The molecule has 1 rings (SSSR count). The first-order valence-electron chi connectivity index (χ1n) is 5.70. The molecule has 0 saturated heterocycles. The van der Waals surface area contributed by atoms with Crippen LogP contribution in [0.2, 0.25) is 0 Å². The number of ketones is 1. The lowest BCUT2D eigenvalue weighted by atomic mass is 9.95. The number of rotatable bonds is 4. The third kappa shape index (κ3) is 3.41. The summed E-state index contributed by atoms with van der Waals surface area (Å²) >= 11 is 0. The number of Topliss-reactive ketones (excluding diaryl/α,β-unsaturated/α-hetero) is 1. The molecule has 0 radical (unpaired) electrons. The molecule has 92 valence electrons. The van der Waals surface area contributed by atoms with Gasteiger partial charge in [0, 0.05) is 12.5 Å². The molecule has 0 atom stereocenters. The van der Waals surface area contributed by atoms with Gasteiger partial charge in [0.05, 0.1) is 0 Å². The fourth-order valence-electron chi connectivity index (χ4n) is 1.69. The molecule has 0 aliphatic carbocycles. The molecule has 0 saturated carbocycles. The van der Waals surface area contributed by atoms with Crippen LogP contribution in [0.25, 0.3) is 0 Å². The minimum absolute atomic E-state index is 0.178. The van der Waals surface area contributed by atoms with E-state index in [9.17, 15) is 9.59 Å². The molecule has 3 nitrogen and oxygen atoms in total. The molecule has 0 heterocycles. The Hall–Kier alpha value is -1.64. The first kappa shape index (κ1) is 13.4. The molecule has 0 aromatic heterocycles. The average Bonchev–Trinajstić information content (AvgIpc) is 2.26. The molecule has 0 aliphatic heterocycles. The highest BCUT2D eigenvalue weighted by molar-refractivity contribution is 6.03. The summed E-state index contributed by atoms with van der Waals surface area (Å²) in [6.45, 7) is 6.54. The number of hydrogen-bond acceptors (Lipinski definition) is 3. The highest BCUT2D eigenvalue weighted by Crippen LogP contribution is 2.18. The molecule has 0 bridgehead atoms. The molecule has 0 spiro atoms. The lowest BCUT2D eigenvalue weighted by molar-refractivity contribution is -0.149. The van der Waals surface area contributed by atoms with Crippen molar-refractivity contribution >= 4 is 11.8 Å². The molecule has 0 N–H and O–H groups in total. The normalized spacial score (nSPS) is 11.1. The Morgan fingerprint density at radius 3 is 2.47 bits per heavy atom. The summed E-state index contributed by atoms with van der Waals surface area (Å²) in [5.74, 6) is -0.627. The van der Waals surface area contributed by atoms with Crippen LogP contribution in [-0.2, 0) is 16.0 Å². The highest BCUT2D eigenvalue weighted by atomic mass is 16.6. The Labute approximate surface area is 102 Å². The van der Waals surface area contributed by atoms with Crippen LogP contribution in [-0.4, -0.2) is 17.4 Å². The van der Waals surface area contributed by atoms with Gasteiger partial charge in [-0.25, -0.2) is 0 Å². The molecule has 17 heavy (non-hydrogen) atoms. The largest absolute Gasteiger partial charge is 0.451 e. The Bertz CT molecular complexity index is 433. The fourth-order valence-corrected chi connectivity index (χ4v) is 1.69. The maximum absolute atomic E-state index is 12.2. The Kier molecular flexibility index (Phi) is 4.05. The molecule has 0 aliphatic rings. The second-order valence-corrected chi connectivity index (χ2v) is 4.49. The predicted octanol–water partition coefficient (Wildman–Crippen LogP) is 2.77. The van der Waals surface area contributed by atoms with E-state index in [-0.39, 0.29) is 5.78 Å². The SMILES string of the molecule is CCc1cccc(C(=O)C(C)(C)OC(C)=O)c1. The second-order valence-electron chi connectivity index (χ2n) is 4.49. The van der Waals surface area contributed by atoms with Gasteiger partial charge in [0.1, 0.15) is 0 Å². The lowest BCUT2D eigenvalue weighted by Gasteiger charge is -2.23. The minimum atomic E-state index is -1.11. The van der Waals surface area contributed by atoms with Crippen LogP contribution < -0.4 is 0 Å². The maximum atomic E-state index is 12.2. The predicted molar refractivity (Wildman–Crippen MR) is 66.0 cm³/mol. The molecular weight excluding hydrogens is 216 g/mol. The van der Waals surface area contributed by atoms with Crippen molar-refractivity contribution in [3.63, 3.8) is 0 Å². The van der Waals surface area contributed by atoms with Crippen LogP contribution in [0.15, 0.2) is 24.3 Å². The summed E-state index contributed by atoms with van der Waals surface area (Å²) in [6.07, 6.45) is 0.870. The van der Waals surface area contributed by atoms with Crippen molar-refractivity contribution in [2.75, 3.05) is 0 Å². The standard InChI is InChI=1S/C14H18O3/c1-5-11-7-6-8-12(9-11)13(16)14(3,4)17-10(2)15/h6-9H,5H2,1-4H3. The Morgan fingerprint density at radius 2 is 1.94 bits per heavy atom. The number of carbonyl (C=O) groups excluding carboxylic acids is 2. The number of carbonyl (C=O) groups is 2. The van der Waals surface area contributed by atoms with Crippen LogP contribution >= 0.6 is 0 Å². The average molecular weight is 234 g/mol. The monoisotopic (exact) mass is 234 g/mol. The van der Waals surface area contributed by atoms with E-state index in [2.05, 4.69) is 0 Å². The van der Waals surface area contributed by atoms with Crippen molar-refractivity contribution in [1.29, 1.82) is 0 Å². The highest BCUT2D eigenvalue weighted by Gasteiger charge is 2.31. The van der Waals surface area contributed by atoms with E-state index in [0.29, 0.717) is 5.56 Å². The zero-order valence-electron chi connectivity index (χ0n) is 10.7. The summed E-state index contributed by atoms with van der Waals surface area (Å²) in [4.78, 5) is 23.1. The first-order chi connectivity index (χ1) is 7.86. The van der Waals surface area contributed by atoms with Gasteiger partial charge < -0.3 is 4.74 Å². The van der Waals surface area contributed by atoms with Gasteiger partial charge >= 0.3 is 5.97 Å². The molecule has 0 fully saturated rings. The van der Waals surface area contributed by atoms with Crippen LogP contribution in [0.5, 0.6) is 0 Å². The van der Waals surface area contributed by atoms with E-state index in [0.717, 1.165) is 12.0 Å². The maximum Gasteiger partial charge on any atom is 0.303 e. The van der Waals surface area contributed by atoms with Gasteiger partial charge in [-0.05, 0) is 31.9 Å². The quantitative estimate of drug-likeness (QED) is 0.594. The lowest BCUT2D eigenvalue weighted by Crippen LogP contribution is -2.36. The third-order valence-corrected chi connectivity index (χ3v) is 2.54. The smallest absolute Gasteiger partial charge is 0.303 e. The van der Waals surface area contributed by atoms with Crippen LogP contribution in [0.4, 0.5) is 0 Å². The van der Waals surface area contributed by atoms with Gasteiger partial charge in [-0.15, -0.1) is 0 Å². The van der Waals surface area contributed by atoms with Crippen molar-refractivity contribution in [2.45, 2.75) is 39.7 Å². The number of benzene rings is 1. The van der Waals surface area contributed by atoms with Crippen LogP contribution in [0.1, 0.15) is 43.6 Å². The summed E-state index contributed by atoms with van der Waals surface area (Å²) < 4.78 is 5.04. The first-order valence-corrected chi connectivity index (χ1v) is 5.70. The Morgan fingerprint density at radius 1 is 1.29 bits per heavy atom. The van der Waals surface area contributed by atoms with Gasteiger partial charge in [-0.1, -0.05) is 25.1 Å². The second kappa shape index (κ2) is 5.13. The zero-order valence-corrected chi connectivity index (χ0v) is 10.7. The van der Waals surface area contributed by atoms with E-state index >= 15 is 0 Å². The van der Waals surface area contributed by atoms with Gasteiger partial charge in [0.15, 0.2) is 5.60 Å². The topological polar surface area (TPSA) is 43.4 Å². The van der Waals surface area contributed by atoms with Crippen molar-refractivity contribution in [2.24, 2.45) is 0 Å². The molecule has 1 aromatic carbocycles. The van der Waals surface area contributed by atoms with Crippen LogP contribution in [0, 0.1) is 0 Å². The Balaban J connectivity index is 2.98. The molecule has 1 aromatic rings. The minimum Gasteiger partial charge on any atom is -0.451 e. The third-order valence-electron chi connectivity index (χ3n) is 2.54. The number of ether oxygens (including phenoxy) is 1. The van der Waals surface area contributed by atoms with Crippen molar-refractivity contribution in [3.8, 4) is 0 Å². The van der Waals surface area contributed by atoms with Crippen molar-refractivity contribution < 1.29 is 14.3 Å². The van der Waals surface area contributed by atoms with Gasteiger partial charge in [-0.2, -0.15) is 0 Å². The van der Waals surface area contributed by atoms with Crippen molar-refractivity contribution in [3.05, 3.63) is 35.4 Å². The number of aryl methyl sites for hydroxylation is 1. The molecule has 0 unspecified atom stereocenters. The molecule has 3 heteroatoms. The zero-order chi connectivity index (χ0) is 13.1. The summed E-state index contributed by atoms with van der Waals surface area (Å²) in [6, 6.07) is 7.39. The van der Waals surface area contributed by atoms with E-state index in [1.807, 2.05) is 25.1 Å². The van der Waals surface area contributed by atoms with Gasteiger partial charge in [0.25, 0.3) is 0 Å².